The second-order valence-corrected chi connectivity index (χ2v) is 6.52. The first-order chi connectivity index (χ1) is 7.28. The topological polar surface area (TPSA) is 89.3 Å². The molecule has 0 aliphatic heterocycles. The van der Waals surface area contributed by atoms with Gasteiger partial charge in [0.25, 0.3) is 0 Å². The molecule has 0 bridgehead atoms. The van der Waals surface area contributed by atoms with Crippen molar-refractivity contribution in [2.75, 3.05) is 18.1 Å². The fraction of sp³-hybridized carbons (Fsp3) is 0.900. The van der Waals surface area contributed by atoms with Crippen LogP contribution in [0.2, 0.25) is 0 Å². The molecular weight excluding hydrogens is 228 g/mol. The smallest absolute Gasteiger partial charge is 0.235 e. The maximum absolute atomic E-state index is 11.4. The summed E-state index contributed by atoms with van der Waals surface area (Å²) in [5, 5.41) is 2.66. The summed E-state index contributed by atoms with van der Waals surface area (Å²) in [6.45, 7) is 6.11. The zero-order valence-corrected chi connectivity index (χ0v) is 11.0. The number of carbonyl (C=O) groups excluding carboxylic acids is 1. The van der Waals surface area contributed by atoms with Gasteiger partial charge in [0.2, 0.25) is 5.91 Å². The number of hydrogen-bond acceptors (Lipinski definition) is 4. The minimum absolute atomic E-state index is 0.0165. The van der Waals surface area contributed by atoms with E-state index in [1.807, 2.05) is 20.8 Å². The van der Waals surface area contributed by atoms with Gasteiger partial charge in [-0.15, -0.1) is 0 Å². The summed E-state index contributed by atoms with van der Waals surface area (Å²) in [5.74, 6) is -0.606. The summed E-state index contributed by atoms with van der Waals surface area (Å²) in [4.78, 5) is 11.4. The van der Waals surface area contributed by atoms with Crippen molar-refractivity contribution in [1.29, 1.82) is 0 Å². The molecule has 0 fully saturated rings. The van der Waals surface area contributed by atoms with Crippen LogP contribution in [-0.4, -0.2) is 38.4 Å². The molecule has 1 unspecified atom stereocenters. The van der Waals surface area contributed by atoms with E-state index in [9.17, 15) is 13.2 Å². The summed E-state index contributed by atoms with van der Waals surface area (Å²) in [6, 6.07) is -0.0165. The first kappa shape index (κ1) is 15.4. The van der Waals surface area contributed by atoms with Crippen LogP contribution >= 0.6 is 0 Å². The molecule has 0 heterocycles. The molecule has 0 saturated carbocycles. The van der Waals surface area contributed by atoms with Crippen LogP contribution in [0.3, 0.4) is 0 Å². The molecule has 0 aromatic rings. The molecule has 5 nitrogen and oxygen atoms in total. The molecule has 0 aliphatic rings. The Labute approximate surface area is 97.7 Å². The maximum Gasteiger partial charge on any atom is 0.235 e. The van der Waals surface area contributed by atoms with Gasteiger partial charge in [0.1, 0.15) is 5.75 Å². The van der Waals surface area contributed by atoms with Gasteiger partial charge in [-0.25, -0.2) is 8.42 Å². The molecule has 6 heteroatoms. The van der Waals surface area contributed by atoms with Gasteiger partial charge in [-0.05, 0) is 25.8 Å². The zero-order valence-electron chi connectivity index (χ0n) is 10.2. The highest BCUT2D eigenvalue weighted by Gasteiger charge is 2.18. The van der Waals surface area contributed by atoms with Crippen LogP contribution in [-0.2, 0) is 14.6 Å². The van der Waals surface area contributed by atoms with Gasteiger partial charge in [-0.1, -0.05) is 13.8 Å². The minimum atomic E-state index is -3.31. The molecule has 0 aliphatic carbocycles. The van der Waals surface area contributed by atoms with Gasteiger partial charge >= 0.3 is 0 Å². The predicted octanol–water partition coefficient (Wildman–Crippen LogP) is -0.0893. The Hall–Kier alpha value is -0.620. The summed E-state index contributed by atoms with van der Waals surface area (Å²) >= 11 is 0. The van der Waals surface area contributed by atoms with Crippen molar-refractivity contribution < 1.29 is 13.2 Å². The maximum atomic E-state index is 11.4. The normalized spacial score (nSPS) is 13.8. The Morgan fingerprint density at radius 1 is 1.31 bits per heavy atom. The van der Waals surface area contributed by atoms with Crippen LogP contribution in [0.1, 0.15) is 27.2 Å². The average Bonchev–Trinajstić information content (AvgIpc) is 2.13. The van der Waals surface area contributed by atoms with Gasteiger partial charge < -0.3 is 11.1 Å². The first-order valence-corrected chi connectivity index (χ1v) is 7.30. The molecule has 0 saturated heterocycles. The third-order valence-electron chi connectivity index (χ3n) is 2.40. The van der Waals surface area contributed by atoms with Crippen molar-refractivity contribution in [3.8, 4) is 0 Å². The van der Waals surface area contributed by atoms with E-state index in [-0.39, 0.29) is 17.7 Å². The lowest BCUT2D eigenvalue weighted by Gasteiger charge is -2.17. The van der Waals surface area contributed by atoms with Gasteiger partial charge in [0.15, 0.2) is 9.84 Å². The van der Waals surface area contributed by atoms with Crippen LogP contribution in [0, 0.1) is 5.92 Å². The third-order valence-corrected chi connectivity index (χ3v) is 4.01. The van der Waals surface area contributed by atoms with E-state index in [1.165, 1.54) is 0 Å². The molecule has 0 aromatic heterocycles. The van der Waals surface area contributed by atoms with Crippen molar-refractivity contribution in [1.82, 2.24) is 5.32 Å². The van der Waals surface area contributed by atoms with Gasteiger partial charge in [-0.3, -0.25) is 4.79 Å². The summed E-state index contributed by atoms with van der Waals surface area (Å²) in [7, 11) is -3.31. The molecule has 0 spiro atoms. The third kappa shape index (κ3) is 6.79. The molecule has 96 valence electrons. The molecule has 0 radical (unpaired) electrons. The lowest BCUT2D eigenvalue weighted by Crippen LogP contribution is -2.40. The first-order valence-electron chi connectivity index (χ1n) is 5.48. The molecular formula is C10H22N2O3S. The zero-order chi connectivity index (χ0) is 12.8. The summed E-state index contributed by atoms with van der Waals surface area (Å²) in [6.07, 6.45) is 0.398. The van der Waals surface area contributed by atoms with Crippen molar-refractivity contribution in [2.24, 2.45) is 11.7 Å². The SMILES string of the molecule is CC(C)C(C)NC(=O)CS(=O)(=O)CCCN. The number of nitrogens with one attached hydrogen (secondary N) is 1. The fourth-order valence-corrected chi connectivity index (χ4v) is 2.27. The van der Waals surface area contributed by atoms with E-state index in [0.717, 1.165) is 0 Å². The van der Waals surface area contributed by atoms with Crippen LogP contribution in [0.25, 0.3) is 0 Å². The van der Waals surface area contributed by atoms with Crippen LogP contribution in [0.15, 0.2) is 0 Å². The highest BCUT2D eigenvalue weighted by Crippen LogP contribution is 2.00. The highest BCUT2D eigenvalue weighted by atomic mass is 32.2. The second kappa shape index (κ2) is 6.85. The van der Waals surface area contributed by atoms with Crippen molar-refractivity contribution in [3.63, 3.8) is 0 Å². The number of rotatable bonds is 7. The van der Waals surface area contributed by atoms with Gasteiger partial charge in [0, 0.05) is 6.04 Å². The fourth-order valence-electron chi connectivity index (χ4n) is 1.04. The molecule has 0 aromatic carbocycles. The van der Waals surface area contributed by atoms with Crippen LogP contribution in [0.5, 0.6) is 0 Å². The van der Waals surface area contributed by atoms with Crippen LogP contribution < -0.4 is 11.1 Å². The Balaban J connectivity index is 4.14. The molecule has 1 amide bonds. The molecule has 0 rings (SSSR count). The number of sulfone groups is 1. The van der Waals surface area contributed by atoms with Crippen molar-refractivity contribution in [3.05, 3.63) is 0 Å². The predicted molar refractivity (Wildman–Crippen MR) is 64.8 cm³/mol. The van der Waals surface area contributed by atoms with Crippen LogP contribution in [0.4, 0.5) is 0 Å². The Kier molecular flexibility index (Phi) is 6.59. The lowest BCUT2D eigenvalue weighted by atomic mass is 10.1. The van der Waals surface area contributed by atoms with Gasteiger partial charge in [-0.2, -0.15) is 0 Å². The Morgan fingerprint density at radius 2 is 1.88 bits per heavy atom. The van der Waals surface area contributed by atoms with E-state index in [4.69, 9.17) is 5.73 Å². The number of carbonyl (C=O) groups is 1. The van der Waals surface area contributed by atoms with Crippen molar-refractivity contribution in [2.45, 2.75) is 33.2 Å². The summed E-state index contributed by atoms with van der Waals surface area (Å²) in [5.41, 5.74) is 5.22. The van der Waals surface area contributed by atoms with Gasteiger partial charge in [0.05, 0.1) is 5.75 Å². The van der Waals surface area contributed by atoms with E-state index in [2.05, 4.69) is 5.32 Å². The van der Waals surface area contributed by atoms with E-state index < -0.39 is 21.5 Å². The molecule has 1 atom stereocenters. The Bertz CT molecular complexity index is 312. The lowest BCUT2D eigenvalue weighted by molar-refractivity contribution is -0.119. The number of hydrogen-bond donors (Lipinski definition) is 2. The number of nitrogens with two attached hydrogens (primary N) is 1. The number of amides is 1. The van der Waals surface area contributed by atoms with E-state index in [0.29, 0.717) is 13.0 Å². The molecule has 16 heavy (non-hydrogen) atoms. The highest BCUT2D eigenvalue weighted by molar-refractivity contribution is 7.92. The Morgan fingerprint density at radius 3 is 2.31 bits per heavy atom. The molecule has 3 N–H and O–H groups in total. The minimum Gasteiger partial charge on any atom is -0.353 e. The summed E-state index contributed by atoms with van der Waals surface area (Å²) < 4.78 is 22.9. The monoisotopic (exact) mass is 250 g/mol. The standard InChI is InChI=1S/C10H22N2O3S/c1-8(2)9(3)12-10(13)7-16(14,15)6-4-5-11/h8-9H,4-7,11H2,1-3H3,(H,12,13). The quantitative estimate of drug-likeness (QED) is 0.661. The largest absolute Gasteiger partial charge is 0.353 e. The van der Waals surface area contributed by atoms with Crippen molar-refractivity contribution >= 4 is 15.7 Å². The second-order valence-electron chi connectivity index (χ2n) is 4.33. The van der Waals surface area contributed by atoms with E-state index >= 15 is 0 Å². The average molecular weight is 250 g/mol. The van der Waals surface area contributed by atoms with E-state index in [1.54, 1.807) is 0 Å².